The van der Waals surface area contributed by atoms with Crippen molar-refractivity contribution in [2.24, 2.45) is 0 Å². The maximum Gasteiger partial charge on any atom is 0.115 e. The summed E-state index contributed by atoms with van der Waals surface area (Å²) in [5, 5.41) is 4.68. The number of nitrogens with one attached hydrogen (secondary N) is 1. The SMILES string of the molecule is COCCNC(c1cccnc1)c1nc2c(s1)CCC2. The number of aryl methyl sites for hydroxylation is 2. The zero-order valence-corrected chi connectivity index (χ0v) is 12.4. The lowest BCUT2D eigenvalue weighted by Crippen LogP contribution is -2.26. The number of fused-ring (bicyclic) bond motifs is 1. The molecule has 2 aromatic rings. The number of nitrogens with zero attached hydrogens (tertiary/aromatic N) is 2. The molecule has 0 spiro atoms. The van der Waals surface area contributed by atoms with Gasteiger partial charge in [-0.1, -0.05) is 6.07 Å². The summed E-state index contributed by atoms with van der Waals surface area (Å²) in [6, 6.07) is 4.19. The van der Waals surface area contributed by atoms with Gasteiger partial charge in [-0.15, -0.1) is 11.3 Å². The molecule has 2 heterocycles. The van der Waals surface area contributed by atoms with Gasteiger partial charge in [0.15, 0.2) is 0 Å². The van der Waals surface area contributed by atoms with Crippen LogP contribution in [0.2, 0.25) is 0 Å². The van der Waals surface area contributed by atoms with E-state index in [0.29, 0.717) is 6.61 Å². The summed E-state index contributed by atoms with van der Waals surface area (Å²) in [5.41, 5.74) is 2.46. The van der Waals surface area contributed by atoms with Gasteiger partial charge in [-0.3, -0.25) is 4.98 Å². The van der Waals surface area contributed by atoms with Crippen molar-refractivity contribution in [2.75, 3.05) is 20.3 Å². The molecule has 0 radical (unpaired) electrons. The molecule has 4 nitrogen and oxygen atoms in total. The second-order valence-corrected chi connectivity index (χ2v) is 6.06. The quantitative estimate of drug-likeness (QED) is 0.829. The molecule has 0 aromatic carbocycles. The Labute approximate surface area is 123 Å². The van der Waals surface area contributed by atoms with E-state index >= 15 is 0 Å². The first-order chi connectivity index (χ1) is 9.88. The Morgan fingerprint density at radius 3 is 3.15 bits per heavy atom. The van der Waals surface area contributed by atoms with Crippen LogP contribution < -0.4 is 5.32 Å². The summed E-state index contributed by atoms with van der Waals surface area (Å²) in [6.45, 7) is 1.50. The summed E-state index contributed by atoms with van der Waals surface area (Å²) >= 11 is 1.84. The monoisotopic (exact) mass is 289 g/mol. The van der Waals surface area contributed by atoms with Crippen molar-refractivity contribution in [3.63, 3.8) is 0 Å². The van der Waals surface area contributed by atoms with Gasteiger partial charge in [-0.2, -0.15) is 0 Å². The van der Waals surface area contributed by atoms with Crippen molar-refractivity contribution in [2.45, 2.75) is 25.3 Å². The van der Waals surface area contributed by atoms with Crippen LogP contribution in [0.4, 0.5) is 0 Å². The Hall–Kier alpha value is -1.30. The van der Waals surface area contributed by atoms with Crippen molar-refractivity contribution in [3.05, 3.63) is 45.7 Å². The largest absolute Gasteiger partial charge is 0.383 e. The van der Waals surface area contributed by atoms with Gasteiger partial charge in [0.1, 0.15) is 5.01 Å². The Bertz CT molecular complexity index is 534. The molecule has 0 aliphatic heterocycles. The lowest BCUT2D eigenvalue weighted by Gasteiger charge is -2.16. The normalized spacial score (nSPS) is 15.2. The third-order valence-electron chi connectivity index (χ3n) is 3.53. The molecule has 106 valence electrons. The van der Waals surface area contributed by atoms with Crippen LogP contribution in [0.5, 0.6) is 0 Å². The van der Waals surface area contributed by atoms with Crippen LogP contribution in [0.3, 0.4) is 0 Å². The zero-order valence-electron chi connectivity index (χ0n) is 11.6. The summed E-state index contributed by atoms with van der Waals surface area (Å²) in [6.07, 6.45) is 7.28. The third-order valence-corrected chi connectivity index (χ3v) is 4.75. The first kappa shape index (κ1) is 13.7. The van der Waals surface area contributed by atoms with E-state index in [2.05, 4.69) is 16.4 Å². The molecular weight excluding hydrogens is 270 g/mol. The van der Waals surface area contributed by atoms with E-state index < -0.39 is 0 Å². The predicted molar refractivity (Wildman–Crippen MR) is 80.1 cm³/mol. The summed E-state index contributed by atoms with van der Waals surface area (Å²) in [7, 11) is 1.72. The number of pyridine rings is 1. The molecule has 0 saturated carbocycles. The minimum atomic E-state index is 0.120. The number of thiazole rings is 1. The van der Waals surface area contributed by atoms with Crippen LogP contribution in [0.15, 0.2) is 24.5 Å². The Morgan fingerprint density at radius 2 is 2.40 bits per heavy atom. The van der Waals surface area contributed by atoms with E-state index in [0.717, 1.165) is 23.5 Å². The smallest absolute Gasteiger partial charge is 0.115 e. The van der Waals surface area contributed by atoms with Crippen LogP contribution in [0.1, 0.15) is 33.6 Å². The Balaban J connectivity index is 1.84. The zero-order chi connectivity index (χ0) is 13.8. The van der Waals surface area contributed by atoms with Gasteiger partial charge in [0.25, 0.3) is 0 Å². The van der Waals surface area contributed by atoms with Crippen LogP contribution in [-0.4, -0.2) is 30.2 Å². The molecule has 0 bridgehead atoms. The molecule has 1 unspecified atom stereocenters. The van der Waals surface area contributed by atoms with Crippen molar-refractivity contribution >= 4 is 11.3 Å². The highest BCUT2D eigenvalue weighted by atomic mass is 32.1. The first-order valence-electron chi connectivity index (χ1n) is 6.99. The summed E-state index contributed by atoms with van der Waals surface area (Å²) in [5.74, 6) is 0. The minimum absolute atomic E-state index is 0.120. The van der Waals surface area contributed by atoms with E-state index in [4.69, 9.17) is 9.72 Å². The Kier molecular flexibility index (Phi) is 4.40. The third kappa shape index (κ3) is 2.90. The Morgan fingerprint density at radius 1 is 1.45 bits per heavy atom. The van der Waals surface area contributed by atoms with Crippen LogP contribution in [0.25, 0.3) is 0 Å². The van der Waals surface area contributed by atoms with Crippen molar-refractivity contribution < 1.29 is 4.74 Å². The predicted octanol–water partition coefficient (Wildman–Crippen LogP) is 2.35. The molecule has 1 aliphatic rings. The van der Waals surface area contributed by atoms with Gasteiger partial charge >= 0.3 is 0 Å². The number of hydrogen-bond acceptors (Lipinski definition) is 5. The molecule has 1 atom stereocenters. The molecule has 1 aliphatic carbocycles. The second kappa shape index (κ2) is 6.43. The highest BCUT2D eigenvalue weighted by Gasteiger charge is 2.22. The molecule has 0 amide bonds. The van der Waals surface area contributed by atoms with E-state index in [9.17, 15) is 0 Å². The lowest BCUT2D eigenvalue weighted by atomic mass is 10.1. The molecule has 0 fully saturated rings. The van der Waals surface area contributed by atoms with Gasteiger partial charge in [0, 0.05) is 30.9 Å². The summed E-state index contributed by atoms with van der Waals surface area (Å²) < 4.78 is 5.13. The van der Waals surface area contributed by atoms with Gasteiger partial charge in [-0.05, 0) is 30.9 Å². The fourth-order valence-electron chi connectivity index (χ4n) is 2.53. The van der Waals surface area contributed by atoms with Crippen LogP contribution in [-0.2, 0) is 17.6 Å². The minimum Gasteiger partial charge on any atom is -0.383 e. The van der Waals surface area contributed by atoms with Crippen LogP contribution >= 0.6 is 11.3 Å². The number of aromatic nitrogens is 2. The van der Waals surface area contributed by atoms with Gasteiger partial charge in [0.2, 0.25) is 0 Å². The van der Waals surface area contributed by atoms with E-state index in [-0.39, 0.29) is 6.04 Å². The average Bonchev–Trinajstić information content (AvgIpc) is 3.06. The number of hydrogen-bond donors (Lipinski definition) is 1. The maximum atomic E-state index is 5.13. The molecule has 2 aromatic heterocycles. The van der Waals surface area contributed by atoms with Crippen molar-refractivity contribution in [3.8, 4) is 0 Å². The van der Waals surface area contributed by atoms with E-state index in [1.165, 1.54) is 23.4 Å². The average molecular weight is 289 g/mol. The maximum absolute atomic E-state index is 5.13. The molecular formula is C15H19N3OS. The summed E-state index contributed by atoms with van der Waals surface area (Å²) in [4.78, 5) is 10.5. The fraction of sp³-hybridized carbons (Fsp3) is 0.467. The number of ether oxygens (including phenoxy) is 1. The van der Waals surface area contributed by atoms with Gasteiger partial charge in [0.05, 0.1) is 18.3 Å². The fourth-order valence-corrected chi connectivity index (χ4v) is 3.79. The highest BCUT2D eigenvalue weighted by Crippen LogP contribution is 2.32. The van der Waals surface area contributed by atoms with E-state index in [1.54, 1.807) is 13.3 Å². The van der Waals surface area contributed by atoms with Crippen molar-refractivity contribution in [1.82, 2.24) is 15.3 Å². The molecule has 1 N–H and O–H groups in total. The van der Waals surface area contributed by atoms with E-state index in [1.807, 2.05) is 23.6 Å². The van der Waals surface area contributed by atoms with Gasteiger partial charge in [-0.25, -0.2) is 4.98 Å². The second-order valence-electron chi connectivity index (χ2n) is 4.94. The topological polar surface area (TPSA) is 47.0 Å². The number of rotatable bonds is 6. The molecule has 3 rings (SSSR count). The molecule has 5 heteroatoms. The van der Waals surface area contributed by atoms with Crippen LogP contribution in [0, 0.1) is 0 Å². The lowest BCUT2D eigenvalue weighted by molar-refractivity contribution is 0.197. The standard InChI is InChI=1S/C15H19N3OS/c1-19-9-8-17-14(11-4-3-7-16-10-11)15-18-12-5-2-6-13(12)20-15/h3-4,7,10,14,17H,2,5-6,8-9H2,1H3. The van der Waals surface area contributed by atoms with Crippen molar-refractivity contribution in [1.29, 1.82) is 0 Å². The molecule has 0 saturated heterocycles. The first-order valence-corrected chi connectivity index (χ1v) is 7.81. The molecule has 20 heavy (non-hydrogen) atoms. The number of methoxy groups -OCH3 is 1. The highest BCUT2D eigenvalue weighted by molar-refractivity contribution is 7.11. The van der Waals surface area contributed by atoms with Gasteiger partial charge < -0.3 is 10.1 Å².